The number of benzene rings is 1. The van der Waals surface area contributed by atoms with E-state index in [0.29, 0.717) is 16.3 Å². The summed E-state index contributed by atoms with van der Waals surface area (Å²) in [5, 5.41) is 8.65. The van der Waals surface area contributed by atoms with Crippen molar-refractivity contribution in [2.24, 2.45) is 0 Å². The Labute approximate surface area is 128 Å². The van der Waals surface area contributed by atoms with E-state index >= 15 is 0 Å². The molecule has 1 aromatic carbocycles. The number of aliphatic hydroxyl groups is 1. The van der Waals surface area contributed by atoms with Gasteiger partial charge in [0.1, 0.15) is 4.21 Å². The van der Waals surface area contributed by atoms with Crippen LogP contribution in [0.15, 0.2) is 40.6 Å². The van der Waals surface area contributed by atoms with Crippen LogP contribution in [0.4, 0.5) is 5.69 Å². The smallest absolute Gasteiger partial charge is 0.271 e. The summed E-state index contributed by atoms with van der Waals surface area (Å²) in [6.07, 6.45) is 0.423. The van der Waals surface area contributed by atoms with Gasteiger partial charge in [0.25, 0.3) is 10.0 Å². The first kappa shape index (κ1) is 15.6. The molecule has 1 aromatic heterocycles. The van der Waals surface area contributed by atoms with E-state index in [1.165, 1.54) is 11.3 Å². The number of rotatable bonds is 4. The summed E-state index contributed by atoms with van der Waals surface area (Å²) in [7, 11) is -3.53. The number of anilines is 1. The average molecular weight is 321 g/mol. The van der Waals surface area contributed by atoms with E-state index in [4.69, 9.17) is 5.11 Å². The Morgan fingerprint density at radius 3 is 2.48 bits per heavy atom. The number of nitrogens with one attached hydrogen (secondary N) is 1. The minimum atomic E-state index is -3.53. The molecule has 0 saturated heterocycles. The Morgan fingerprint density at radius 2 is 1.90 bits per heavy atom. The highest BCUT2D eigenvalue weighted by Crippen LogP contribution is 2.23. The third-order valence-electron chi connectivity index (χ3n) is 2.59. The van der Waals surface area contributed by atoms with Gasteiger partial charge >= 0.3 is 0 Å². The lowest BCUT2D eigenvalue weighted by Gasteiger charge is -2.06. The third-order valence-corrected chi connectivity index (χ3v) is 5.46. The molecular formula is C15H15NO3S2. The monoisotopic (exact) mass is 321 g/mol. The van der Waals surface area contributed by atoms with Gasteiger partial charge in [-0.25, -0.2) is 8.42 Å². The molecule has 0 radical (unpaired) electrons. The van der Waals surface area contributed by atoms with E-state index in [-0.39, 0.29) is 6.61 Å². The highest BCUT2D eigenvalue weighted by molar-refractivity contribution is 7.94. The van der Waals surface area contributed by atoms with Gasteiger partial charge in [0.05, 0.1) is 6.61 Å². The van der Waals surface area contributed by atoms with Gasteiger partial charge in [-0.05, 0) is 43.3 Å². The van der Waals surface area contributed by atoms with Gasteiger partial charge in [-0.15, -0.1) is 11.3 Å². The van der Waals surface area contributed by atoms with Crippen LogP contribution in [0.25, 0.3) is 0 Å². The molecule has 2 aromatic rings. The number of aryl methyl sites for hydroxylation is 1. The largest absolute Gasteiger partial charge is 0.395 e. The van der Waals surface area contributed by atoms with Crippen molar-refractivity contribution in [1.82, 2.24) is 0 Å². The van der Waals surface area contributed by atoms with Gasteiger partial charge in [-0.3, -0.25) is 4.72 Å². The Hall–Kier alpha value is -1.81. The molecule has 0 bridgehead atoms. The van der Waals surface area contributed by atoms with Crippen molar-refractivity contribution in [2.75, 3.05) is 11.3 Å². The fourth-order valence-corrected chi connectivity index (χ4v) is 3.95. The summed E-state index contributed by atoms with van der Waals surface area (Å²) in [4.78, 5) is 0.949. The predicted molar refractivity (Wildman–Crippen MR) is 84.9 cm³/mol. The van der Waals surface area contributed by atoms with E-state index in [1.54, 1.807) is 36.4 Å². The zero-order valence-electron chi connectivity index (χ0n) is 11.5. The molecule has 6 heteroatoms. The zero-order chi connectivity index (χ0) is 15.3. The van der Waals surface area contributed by atoms with Crippen LogP contribution in [0.3, 0.4) is 0 Å². The van der Waals surface area contributed by atoms with Crippen LogP contribution in [0.1, 0.15) is 16.9 Å². The summed E-state index contributed by atoms with van der Waals surface area (Å²) < 4.78 is 27.1. The molecular weight excluding hydrogens is 306 g/mol. The standard InChI is InChI=1S/C15H15NO3S2/c1-12-5-10-15(20-12)21(18,19)16-14-8-6-13(7-9-14)4-2-3-11-17/h5-10,16-17H,3,11H2,1H3. The number of thiophene rings is 1. The van der Waals surface area contributed by atoms with Crippen LogP contribution in [-0.2, 0) is 10.0 Å². The Kier molecular flexibility index (Phi) is 5.02. The van der Waals surface area contributed by atoms with Crippen molar-refractivity contribution in [1.29, 1.82) is 0 Å². The van der Waals surface area contributed by atoms with Gasteiger partial charge < -0.3 is 5.11 Å². The van der Waals surface area contributed by atoms with Crippen molar-refractivity contribution >= 4 is 27.0 Å². The molecule has 0 aliphatic carbocycles. The molecule has 0 unspecified atom stereocenters. The summed E-state index contributed by atoms with van der Waals surface area (Å²) >= 11 is 1.23. The van der Waals surface area contributed by atoms with Crippen LogP contribution in [0, 0.1) is 18.8 Å². The minimum Gasteiger partial charge on any atom is -0.395 e. The first-order valence-corrected chi connectivity index (χ1v) is 8.60. The maximum absolute atomic E-state index is 12.2. The van der Waals surface area contributed by atoms with Crippen LogP contribution in [0.2, 0.25) is 0 Å². The molecule has 2 N–H and O–H groups in total. The molecule has 0 spiro atoms. The number of sulfonamides is 1. The molecule has 110 valence electrons. The molecule has 0 saturated carbocycles. The van der Waals surface area contributed by atoms with Crippen molar-refractivity contribution in [3.8, 4) is 11.8 Å². The van der Waals surface area contributed by atoms with E-state index in [9.17, 15) is 8.42 Å². The second kappa shape index (κ2) is 6.76. The quantitative estimate of drug-likeness (QED) is 0.851. The van der Waals surface area contributed by atoms with Crippen molar-refractivity contribution in [2.45, 2.75) is 17.6 Å². The molecule has 4 nitrogen and oxygen atoms in total. The normalized spacial score (nSPS) is 10.8. The lowest BCUT2D eigenvalue weighted by molar-refractivity contribution is 0.305. The second-order valence-electron chi connectivity index (χ2n) is 4.32. The fraction of sp³-hybridized carbons (Fsp3) is 0.200. The molecule has 2 rings (SSSR count). The molecule has 0 aliphatic rings. The molecule has 1 heterocycles. The van der Waals surface area contributed by atoms with Gasteiger partial charge in [-0.2, -0.15) is 0 Å². The Balaban J connectivity index is 2.12. The van der Waals surface area contributed by atoms with Gasteiger partial charge in [-0.1, -0.05) is 11.8 Å². The summed E-state index contributed by atoms with van der Waals surface area (Å²) in [6, 6.07) is 10.2. The van der Waals surface area contributed by atoms with Gasteiger partial charge in [0.2, 0.25) is 0 Å². The van der Waals surface area contributed by atoms with Crippen molar-refractivity contribution < 1.29 is 13.5 Å². The minimum absolute atomic E-state index is 0.0329. The van der Waals surface area contributed by atoms with Crippen LogP contribution >= 0.6 is 11.3 Å². The average Bonchev–Trinajstić information content (AvgIpc) is 2.88. The summed E-state index contributed by atoms with van der Waals surface area (Å²) in [5.41, 5.74) is 1.27. The molecule has 0 aliphatic heterocycles. The molecule has 0 amide bonds. The lowest BCUT2D eigenvalue weighted by Crippen LogP contribution is -2.11. The maximum Gasteiger partial charge on any atom is 0.271 e. The second-order valence-corrected chi connectivity index (χ2v) is 7.52. The highest BCUT2D eigenvalue weighted by atomic mass is 32.2. The highest BCUT2D eigenvalue weighted by Gasteiger charge is 2.15. The molecule has 0 fully saturated rings. The van der Waals surface area contributed by atoms with Crippen molar-refractivity contribution in [3.63, 3.8) is 0 Å². The van der Waals surface area contributed by atoms with E-state index in [0.717, 1.165) is 10.4 Å². The summed E-state index contributed by atoms with van der Waals surface area (Å²) in [6.45, 7) is 1.90. The summed E-state index contributed by atoms with van der Waals surface area (Å²) in [5.74, 6) is 5.70. The lowest BCUT2D eigenvalue weighted by atomic mass is 10.2. The van der Waals surface area contributed by atoms with E-state index in [1.807, 2.05) is 6.92 Å². The van der Waals surface area contributed by atoms with E-state index in [2.05, 4.69) is 16.6 Å². The van der Waals surface area contributed by atoms with Gasteiger partial charge in [0.15, 0.2) is 0 Å². The predicted octanol–water partition coefficient (Wildman–Crippen LogP) is 2.59. The topological polar surface area (TPSA) is 66.4 Å². The number of hydrogen-bond donors (Lipinski definition) is 2. The number of hydrogen-bond acceptors (Lipinski definition) is 4. The van der Waals surface area contributed by atoms with Crippen LogP contribution in [0.5, 0.6) is 0 Å². The molecule has 0 atom stereocenters. The van der Waals surface area contributed by atoms with Crippen LogP contribution < -0.4 is 4.72 Å². The SMILES string of the molecule is Cc1ccc(S(=O)(=O)Nc2ccc(C#CCCO)cc2)s1. The van der Waals surface area contributed by atoms with Gasteiger partial charge in [0, 0.05) is 22.5 Å². The van der Waals surface area contributed by atoms with E-state index < -0.39 is 10.0 Å². The Bertz CT molecular complexity index is 765. The first-order chi connectivity index (χ1) is 10.0. The first-order valence-electron chi connectivity index (χ1n) is 6.30. The zero-order valence-corrected chi connectivity index (χ0v) is 13.1. The third kappa shape index (κ3) is 4.33. The Morgan fingerprint density at radius 1 is 1.19 bits per heavy atom. The molecule has 21 heavy (non-hydrogen) atoms. The maximum atomic E-state index is 12.2. The van der Waals surface area contributed by atoms with Crippen molar-refractivity contribution in [3.05, 3.63) is 46.8 Å². The number of aliphatic hydroxyl groups excluding tert-OH is 1. The fourth-order valence-electron chi connectivity index (χ4n) is 1.60. The van der Waals surface area contributed by atoms with Crippen LogP contribution in [-0.4, -0.2) is 20.1 Å².